The summed E-state index contributed by atoms with van der Waals surface area (Å²) in [7, 11) is 0. The number of aromatic nitrogens is 3. The van der Waals surface area contributed by atoms with Crippen LogP contribution in [0, 0.1) is 12.1 Å². The van der Waals surface area contributed by atoms with Gasteiger partial charge in [-0.25, -0.2) is 9.78 Å². The van der Waals surface area contributed by atoms with Gasteiger partial charge in [0.05, 0.1) is 10.9 Å². The molecule has 0 aliphatic rings. The van der Waals surface area contributed by atoms with E-state index >= 15 is 0 Å². The highest BCUT2D eigenvalue weighted by Gasteiger charge is 2.17. The highest BCUT2D eigenvalue weighted by Crippen LogP contribution is 2.24. The monoisotopic (exact) mass is 370 g/mol. The molecule has 0 bridgehead atoms. The van der Waals surface area contributed by atoms with Crippen LogP contribution in [0.4, 0.5) is 4.79 Å². The minimum absolute atomic E-state index is 0.391. The minimum atomic E-state index is -0.490. The quantitative estimate of drug-likeness (QED) is 0.424. The van der Waals surface area contributed by atoms with Crippen LogP contribution in [0.15, 0.2) is 30.5 Å². The number of hydrogen-bond donors (Lipinski definition) is 1. The third kappa shape index (κ3) is 4.30. The van der Waals surface area contributed by atoms with Gasteiger partial charge in [0.15, 0.2) is 5.52 Å². The summed E-state index contributed by atoms with van der Waals surface area (Å²) >= 11 is 0. The Balaban J connectivity index is 1.68. The van der Waals surface area contributed by atoms with Gasteiger partial charge in [0.25, 0.3) is 0 Å². The largest absolute Gasteiger partial charge is 0.618 e. The molecule has 0 atom stereocenters. The van der Waals surface area contributed by atoms with E-state index in [2.05, 4.69) is 14.9 Å². The maximum atomic E-state index is 12.2. The molecule has 1 amide bonds. The smallest absolute Gasteiger partial charge is 0.407 e. The number of alkyl carbamates (subject to hydrolysis) is 1. The maximum Gasteiger partial charge on any atom is 0.407 e. The number of nitrogens with one attached hydrogen (secondary N) is 1. The zero-order valence-corrected chi connectivity index (χ0v) is 16.3. The van der Waals surface area contributed by atoms with Crippen molar-refractivity contribution in [2.24, 2.45) is 0 Å². The Morgan fingerprint density at radius 3 is 2.78 bits per heavy atom. The molecule has 3 rings (SSSR count). The molecule has 7 nitrogen and oxygen atoms in total. The Morgan fingerprint density at radius 1 is 1.30 bits per heavy atom. The van der Waals surface area contributed by atoms with E-state index in [1.54, 1.807) is 0 Å². The molecular weight excluding hydrogens is 344 g/mol. The van der Waals surface area contributed by atoms with Crippen molar-refractivity contribution in [2.45, 2.75) is 52.7 Å². The molecule has 0 unspecified atom stereocenters. The number of rotatable bonds is 5. The molecular formula is C20H26N4O3. The molecule has 0 spiro atoms. The molecule has 0 aliphatic carbocycles. The van der Waals surface area contributed by atoms with Crippen molar-refractivity contribution < 1.29 is 14.3 Å². The van der Waals surface area contributed by atoms with Crippen molar-refractivity contribution in [2.75, 3.05) is 6.54 Å². The summed E-state index contributed by atoms with van der Waals surface area (Å²) in [5.74, 6) is 0.876. The molecule has 1 N–H and O–H groups in total. The van der Waals surface area contributed by atoms with Gasteiger partial charge in [-0.1, -0.05) is 12.1 Å². The van der Waals surface area contributed by atoms with E-state index in [1.807, 2.05) is 52.0 Å². The summed E-state index contributed by atoms with van der Waals surface area (Å²) in [6.07, 6.45) is 2.84. The lowest BCUT2D eigenvalue weighted by Crippen LogP contribution is -2.33. The third-order valence-electron chi connectivity index (χ3n) is 4.30. The number of unbranched alkanes of at least 4 members (excludes halogenated alkanes) is 1. The van der Waals surface area contributed by atoms with Crippen LogP contribution in [-0.4, -0.2) is 27.8 Å². The van der Waals surface area contributed by atoms with Crippen LogP contribution in [0.3, 0.4) is 0 Å². The molecule has 3 aromatic rings. The van der Waals surface area contributed by atoms with Crippen LogP contribution in [0.25, 0.3) is 21.9 Å². The normalized spacial score (nSPS) is 11.9. The average Bonchev–Trinajstić information content (AvgIpc) is 2.88. The number of nitrogens with zero attached hydrogens (tertiary/aromatic N) is 3. The molecule has 2 heterocycles. The minimum Gasteiger partial charge on any atom is -0.618 e. The molecule has 0 saturated heterocycles. The van der Waals surface area contributed by atoms with Crippen LogP contribution in [0.5, 0.6) is 0 Å². The molecule has 144 valence electrons. The maximum absolute atomic E-state index is 12.2. The first-order valence-electron chi connectivity index (χ1n) is 9.21. The van der Waals surface area contributed by atoms with Gasteiger partial charge in [-0.15, -0.1) is 0 Å². The van der Waals surface area contributed by atoms with E-state index in [1.165, 1.54) is 6.20 Å². The number of pyridine rings is 1. The van der Waals surface area contributed by atoms with Gasteiger partial charge in [-0.3, -0.25) is 0 Å². The second-order valence-corrected chi connectivity index (χ2v) is 7.65. The van der Waals surface area contributed by atoms with Crippen molar-refractivity contribution in [1.29, 1.82) is 0 Å². The highest BCUT2D eigenvalue weighted by atomic mass is 16.6. The predicted molar refractivity (Wildman–Crippen MR) is 104 cm³/mol. The van der Waals surface area contributed by atoms with Crippen molar-refractivity contribution in [3.05, 3.63) is 41.5 Å². The number of benzene rings is 1. The lowest BCUT2D eigenvalue weighted by Gasteiger charge is -2.19. The van der Waals surface area contributed by atoms with E-state index in [9.17, 15) is 10.0 Å². The van der Waals surface area contributed by atoms with E-state index in [0.717, 1.165) is 40.8 Å². The number of carbonyl (C=O) groups is 1. The van der Waals surface area contributed by atoms with Gasteiger partial charge in [0, 0.05) is 19.2 Å². The topological polar surface area (TPSA) is 83.1 Å². The summed E-state index contributed by atoms with van der Waals surface area (Å²) in [5.41, 5.74) is 1.83. The first-order chi connectivity index (χ1) is 12.8. The van der Waals surface area contributed by atoms with Gasteiger partial charge < -0.3 is 19.8 Å². The van der Waals surface area contributed by atoms with Gasteiger partial charge in [-0.2, -0.15) is 4.73 Å². The lowest BCUT2D eigenvalue weighted by molar-refractivity contribution is -0.575. The molecule has 0 saturated carbocycles. The molecule has 27 heavy (non-hydrogen) atoms. The Hall–Kier alpha value is -2.83. The summed E-state index contributed by atoms with van der Waals surface area (Å²) in [6.45, 7) is 8.80. The summed E-state index contributed by atoms with van der Waals surface area (Å²) in [6, 6.07) is 7.56. The number of ether oxygens (including phenoxy) is 1. The van der Waals surface area contributed by atoms with Crippen molar-refractivity contribution in [1.82, 2.24) is 14.9 Å². The van der Waals surface area contributed by atoms with Gasteiger partial charge in [0.2, 0.25) is 11.7 Å². The zero-order valence-electron chi connectivity index (χ0n) is 16.3. The molecule has 0 fully saturated rings. The second-order valence-electron chi connectivity index (χ2n) is 7.65. The van der Waals surface area contributed by atoms with Crippen LogP contribution < -0.4 is 10.0 Å². The van der Waals surface area contributed by atoms with E-state index in [-0.39, 0.29) is 0 Å². The third-order valence-corrected chi connectivity index (χ3v) is 4.30. The van der Waals surface area contributed by atoms with E-state index in [4.69, 9.17) is 4.74 Å². The zero-order chi connectivity index (χ0) is 19.6. The number of aryl methyl sites for hydroxylation is 2. The number of carbonyl (C=O) groups excluding carboxylic acids is 1. The molecule has 0 radical (unpaired) electrons. The van der Waals surface area contributed by atoms with Crippen molar-refractivity contribution in [3.8, 4) is 0 Å². The Kier molecular flexibility index (Phi) is 5.21. The lowest BCUT2D eigenvalue weighted by atomic mass is 10.2. The SMILES string of the molecule is Cc1nc2c[n+]([O-])c3ccccc3c2n1CCCCNC(=O)OC(C)(C)C. The van der Waals surface area contributed by atoms with Crippen molar-refractivity contribution in [3.63, 3.8) is 0 Å². The van der Waals surface area contributed by atoms with Gasteiger partial charge in [-0.05, 0) is 46.6 Å². The summed E-state index contributed by atoms with van der Waals surface area (Å²) in [5, 5.41) is 15.9. The van der Waals surface area contributed by atoms with Gasteiger partial charge in [0.1, 0.15) is 11.4 Å². The number of para-hydroxylation sites is 1. The Bertz CT molecular complexity index is 973. The fourth-order valence-corrected chi connectivity index (χ4v) is 3.18. The van der Waals surface area contributed by atoms with E-state index in [0.29, 0.717) is 17.6 Å². The molecule has 1 aromatic carbocycles. The number of fused-ring (bicyclic) bond motifs is 3. The summed E-state index contributed by atoms with van der Waals surface area (Å²) in [4.78, 5) is 16.2. The average molecular weight is 370 g/mol. The molecule has 2 aromatic heterocycles. The molecule has 7 heteroatoms. The second kappa shape index (κ2) is 7.42. The standard InChI is InChI=1S/C20H26N4O3/c1-14-22-16-13-24(26)17-10-6-5-9-15(17)18(16)23(14)12-8-7-11-21-19(25)27-20(2,3)4/h5-6,9-10,13H,7-8,11-12H2,1-4H3,(H,21,25). The number of amides is 1. The number of imidazole rings is 1. The molecule has 0 aliphatic heterocycles. The summed E-state index contributed by atoms with van der Waals surface area (Å²) < 4.78 is 8.25. The van der Waals surface area contributed by atoms with Crippen LogP contribution in [0.2, 0.25) is 0 Å². The van der Waals surface area contributed by atoms with E-state index < -0.39 is 11.7 Å². The fraction of sp³-hybridized carbons (Fsp3) is 0.450. The Morgan fingerprint density at radius 2 is 2.04 bits per heavy atom. The Labute approximate surface area is 158 Å². The van der Waals surface area contributed by atoms with Crippen LogP contribution in [-0.2, 0) is 11.3 Å². The van der Waals surface area contributed by atoms with Crippen LogP contribution >= 0.6 is 0 Å². The first kappa shape index (κ1) is 18.9. The first-order valence-corrected chi connectivity index (χ1v) is 9.21. The van der Waals surface area contributed by atoms with Crippen LogP contribution in [0.1, 0.15) is 39.4 Å². The predicted octanol–water partition coefficient (Wildman–Crippen LogP) is 3.44. The fourth-order valence-electron chi connectivity index (χ4n) is 3.18. The van der Waals surface area contributed by atoms with Crippen molar-refractivity contribution >= 4 is 28.0 Å². The number of hydrogen-bond acceptors (Lipinski definition) is 4. The highest BCUT2D eigenvalue weighted by molar-refractivity contribution is 6.00. The van der Waals surface area contributed by atoms with Gasteiger partial charge >= 0.3 is 6.09 Å².